The summed E-state index contributed by atoms with van der Waals surface area (Å²) in [5.74, 6) is 0.651. The molecule has 2 fully saturated rings. The molecule has 19 heavy (non-hydrogen) atoms. The molecule has 1 aromatic rings. The van der Waals surface area contributed by atoms with Crippen molar-refractivity contribution < 1.29 is 4.79 Å². The Morgan fingerprint density at radius 1 is 1.21 bits per heavy atom. The Morgan fingerprint density at radius 2 is 1.89 bits per heavy atom. The Labute approximate surface area is 114 Å². The average Bonchev–Trinajstić information content (AvgIpc) is 2.70. The molecule has 0 saturated heterocycles. The minimum absolute atomic E-state index is 0.0691. The highest BCUT2D eigenvalue weighted by Gasteiger charge is 2.64. The molecule has 2 aliphatic carbocycles. The molecule has 100 valence electrons. The first-order chi connectivity index (χ1) is 8.97. The number of Topliss-reactive ketones (excluding diaryl/α,β-unsaturated/α-hetero) is 1. The second-order valence-electron chi connectivity index (χ2n) is 6.66. The van der Waals surface area contributed by atoms with Gasteiger partial charge in [0.2, 0.25) is 0 Å². The lowest BCUT2D eigenvalue weighted by Gasteiger charge is -2.31. The summed E-state index contributed by atoms with van der Waals surface area (Å²) in [6.07, 6.45) is 2.14. The van der Waals surface area contributed by atoms with E-state index < -0.39 is 0 Å². The van der Waals surface area contributed by atoms with Crippen molar-refractivity contribution in [3.05, 3.63) is 35.9 Å². The second-order valence-corrected chi connectivity index (χ2v) is 6.66. The van der Waals surface area contributed by atoms with Crippen LogP contribution in [0.15, 0.2) is 35.3 Å². The van der Waals surface area contributed by atoms with Gasteiger partial charge in [-0.25, -0.2) is 0 Å². The summed E-state index contributed by atoms with van der Waals surface area (Å²) in [4.78, 5) is 17.3. The van der Waals surface area contributed by atoms with Crippen molar-refractivity contribution >= 4 is 11.5 Å². The zero-order chi connectivity index (χ0) is 13.7. The lowest BCUT2D eigenvalue weighted by Crippen LogP contribution is -2.33. The number of hydrogen-bond acceptors (Lipinski definition) is 2. The number of carbonyl (C=O) groups excluding carboxylic acids is 1. The molecule has 0 unspecified atom stereocenters. The fourth-order valence-electron chi connectivity index (χ4n) is 3.77. The maximum atomic E-state index is 12.6. The van der Waals surface area contributed by atoms with Gasteiger partial charge in [-0.15, -0.1) is 0 Å². The van der Waals surface area contributed by atoms with Crippen LogP contribution in [0, 0.1) is 16.7 Å². The number of hydrogen-bond donors (Lipinski definition) is 0. The molecule has 3 rings (SSSR count). The first-order valence-electron chi connectivity index (χ1n) is 7.10. The topological polar surface area (TPSA) is 29.4 Å². The Hall–Kier alpha value is -1.44. The number of aliphatic imine (C=N–C) groups is 1. The summed E-state index contributed by atoms with van der Waals surface area (Å²) in [5, 5.41) is 0. The van der Waals surface area contributed by atoms with Gasteiger partial charge in [0, 0.05) is 11.3 Å². The van der Waals surface area contributed by atoms with Crippen molar-refractivity contribution in [2.45, 2.75) is 40.2 Å². The number of ketones is 1. The Kier molecular flexibility index (Phi) is 2.67. The maximum absolute atomic E-state index is 12.6. The van der Waals surface area contributed by atoms with Crippen LogP contribution in [-0.4, -0.2) is 11.5 Å². The quantitative estimate of drug-likeness (QED) is 0.793. The van der Waals surface area contributed by atoms with Crippen molar-refractivity contribution in [2.24, 2.45) is 21.7 Å². The molecule has 2 atom stereocenters. The van der Waals surface area contributed by atoms with Gasteiger partial charge in [-0.2, -0.15) is 0 Å². The van der Waals surface area contributed by atoms with Crippen LogP contribution in [0.5, 0.6) is 0 Å². The van der Waals surface area contributed by atoms with Crippen LogP contribution < -0.4 is 0 Å². The minimum atomic E-state index is -0.187. The summed E-state index contributed by atoms with van der Waals surface area (Å²) >= 11 is 0. The SMILES string of the molecule is CC1(C)[C@H]2CC[C@]1(C)C(=O)C2=NCc1ccccc1. The second kappa shape index (κ2) is 4.03. The minimum Gasteiger partial charge on any atom is -0.292 e. The average molecular weight is 255 g/mol. The van der Waals surface area contributed by atoms with E-state index >= 15 is 0 Å². The van der Waals surface area contributed by atoms with Gasteiger partial charge in [-0.3, -0.25) is 9.79 Å². The molecule has 0 radical (unpaired) electrons. The Morgan fingerprint density at radius 3 is 2.47 bits per heavy atom. The van der Waals surface area contributed by atoms with E-state index in [-0.39, 0.29) is 10.8 Å². The third-order valence-corrected chi connectivity index (χ3v) is 5.56. The van der Waals surface area contributed by atoms with E-state index in [4.69, 9.17) is 0 Å². The van der Waals surface area contributed by atoms with E-state index in [0.717, 1.165) is 18.6 Å². The fourth-order valence-corrected chi connectivity index (χ4v) is 3.77. The molecule has 2 heteroatoms. The number of carbonyl (C=O) groups is 1. The van der Waals surface area contributed by atoms with Gasteiger partial charge in [0.15, 0.2) is 5.78 Å². The van der Waals surface area contributed by atoms with Crippen LogP contribution in [0.4, 0.5) is 0 Å². The number of benzene rings is 1. The molecular formula is C17H21NO. The lowest BCUT2D eigenvalue weighted by molar-refractivity contribution is -0.123. The summed E-state index contributed by atoms with van der Waals surface area (Å²) in [5.41, 5.74) is 1.91. The predicted molar refractivity (Wildman–Crippen MR) is 77.2 cm³/mol. The smallest absolute Gasteiger partial charge is 0.183 e. The van der Waals surface area contributed by atoms with Crippen molar-refractivity contribution in [1.82, 2.24) is 0 Å². The molecule has 2 saturated carbocycles. The molecule has 0 aromatic heterocycles. The van der Waals surface area contributed by atoms with Gasteiger partial charge < -0.3 is 0 Å². The van der Waals surface area contributed by atoms with Gasteiger partial charge in [0.05, 0.1) is 12.3 Å². The van der Waals surface area contributed by atoms with Crippen LogP contribution in [0.25, 0.3) is 0 Å². The first kappa shape index (κ1) is 12.6. The van der Waals surface area contributed by atoms with E-state index in [9.17, 15) is 4.79 Å². The Bertz CT molecular complexity index is 544. The third-order valence-electron chi connectivity index (χ3n) is 5.56. The maximum Gasteiger partial charge on any atom is 0.183 e. The molecule has 2 aliphatic rings. The summed E-state index contributed by atoms with van der Waals surface area (Å²) < 4.78 is 0. The van der Waals surface area contributed by atoms with Crippen LogP contribution in [0.2, 0.25) is 0 Å². The van der Waals surface area contributed by atoms with Crippen LogP contribution in [0.3, 0.4) is 0 Å². The number of nitrogens with zero attached hydrogens (tertiary/aromatic N) is 1. The highest BCUT2D eigenvalue weighted by atomic mass is 16.1. The number of rotatable bonds is 2. The van der Waals surface area contributed by atoms with Crippen molar-refractivity contribution in [3.8, 4) is 0 Å². The van der Waals surface area contributed by atoms with E-state index in [1.165, 1.54) is 5.56 Å². The zero-order valence-electron chi connectivity index (χ0n) is 11.9. The molecule has 0 heterocycles. The monoisotopic (exact) mass is 255 g/mol. The first-order valence-corrected chi connectivity index (χ1v) is 7.10. The van der Waals surface area contributed by atoms with Gasteiger partial charge in [-0.1, -0.05) is 51.1 Å². The summed E-state index contributed by atoms with van der Waals surface area (Å²) in [6, 6.07) is 10.2. The standard InChI is InChI=1S/C17H21NO/c1-16(2)13-9-10-17(16,3)15(19)14(13)18-11-12-7-5-4-6-8-12/h4-8,13H,9-11H2,1-3H3/t13-,17+/m0/s1. The van der Waals surface area contributed by atoms with Crippen molar-refractivity contribution in [3.63, 3.8) is 0 Å². The largest absolute Gasteiger partial charge is 0.292 e. The van der Waals surface area contributed by atoms with Crippen LogP contribution in [0.1, 0.15) is 39.2 Å². The predicted octanol–water partition coefficient (Wildman–Crippen LogP) is 3.65. The molecule has 2 nitrogen and oxygen atoms in total. The molecule has 0 spiro atoms. The molecule has 0 N–H and O–H groups in total. The van der Waals surface area contributed by atoms with E-state index in [1.54, 1.807) is 0 Å². The van der Waals surface area contributed by atoms with Crippen LogP contribution >= 0.6 is 0 Å². The van der Waals surface area contributed by atoms with Crippen molar-refractivity contribution in [2.75, 3.05) is 0 Å². The van der Waals surface area contributed by atoms with Crippen LogP contribution in [-0.2, 0) is 11.3 Å². The summed E-state index contributed by atoms with van der Waals surface area (Å²) in [7, 11) is 0. The van der Waals surface area contributed by atoms with Gasteiger partial charge in [0.1, 0.15) is 0 Å². The van der Waals surface area contributed by atoms with E-state index in [1.807, 2.05) is 18.2 Å². The normalized spacial score (nSPS) is 34.2. The molecule has 2 bridgehead atoms. The Balaban J connectivity index is 1.89. The van der Waals surface area contributed by atoms with E-state index in [2.05, 4.69) is 37.9 Å². The zero-order valence-corrected chi connectivity index (χ0v) is 11.9. The third kappa shape index (κ3) is 1.62. The number of fused-ring (bicyclic) bond motifs is 2. The molecule has 0 aliphatic heterocycles. The highest BCUT2D eigenvalue weighted by molar-refractivity contribution is 6.45. The molecule has 0 amide bonds. The fraction of sp³-hybridized carbons (Fsp3) is 0.529. The lowest BCUT2D eigenvalue weighted by atomic mass is 9.70. The van der Waals surface area contributed by atoms with Gasteiger partial charge >= 0.3 is 0 Å². The molecular weight excluding hydrogens is 234 g/mol. The summed E-state index contributed by atoms with van der Waals surface area (Å²) in [6.45, 7) is 7.21. The van der Waals surface area contributed by atoms with Gasteiger partial charge in [-0.05, 0) is 23.8 Å². The van der Waals surface area contributed by atoms with Gasteiger partial charge in [0.25, 0.3) is 0 Å². The van der Waals surface area contributed by atoms with Crippen molar-refractivity contribution in [1.29, 1.82) is 0 Å². The highest BCUT2D eigenvalue weighted by Crippen LogP contribution is 2.62. The van der Waals surface area contributed by atoms with E-state index in [0.29, 0.717) is 18.2 Å². The molecule has 1 aromatic carbocycles.